The molecule has 0 radical (unpaired) electrons. The molecule has 2 aromatic rings. The highest BCUT2D eigenvalue weighted by atomic mass is 32.2. The summed E-state index contributed by atoms with van der Waals surface area (Å²) in [5.74, 6) is -0.904. The molecule has 21 heavy (non-hydrogen) atoms. The number of carboxylic acids is 1. The van der Waals surface area contributed by atoms with Crippen molar-refractivity contribution in [2.45, 2.75) is 5.16 Å². The molecule has 0 unspecified atom stereocenters. The number of carbonyl (C=O) groups is 1. The number of rotatable bonds is 4. The molecule has 0 aliphatic heterocycles. The average Bonchev–Trinajstić information content (AvgIpc) is 2.45. The first-order chi connectivity index (χ1) is 9.84. The van der Waals surface area contributed by atoms with E-state index >= 15 is 0 Å². The fourth-order valence-corrected chi connectivity index (χ4v) is 2.27. The maximum atomic E-state index is 11.4. The Bertz CT molecular complexity index is 802. The third-order valence-corrected chi connectivity index (χ3v) is 3.56. The molecule has 0 saturated heterocycles. The van der Waals surface area contributed by atoms with Crippen LogP contribution in [-0.4, -0.2) is 42.8 Å². The standard InChI is InChI=1S/C13H12N2O5S/c1-20-10-6-4-3-5-8(10)9-7-14-13(21(2,18)19)15-11(9)12(16)17/h3-7H,1-2H3,(H,16,17). The second-order valence-corrected chi connectivity index (χ2v) is 6.10. The van der Waals surface area contributed by atoms with Gasteiger partial charge in [-0.25, -0.2) is 23.2 Å². The fraction of sp³-hybridized carbons (Fsp3) is 0.154. The summed E-state index contributed by atoms with van der Waals surface area (Å²) in [6.45, 7) is 0. The first kappa shape index (κ1) is 14.9. The lowest BCUT2D eigenvalue weighted by molar-refractivity contribution is 0.0690. The summed E-state index contributed by atoms with van der Waals surface area (Å²) in [5.41, 5.74) is 0.264. The van der Waals surface area contributed by atoms with Crippen LogP contribution in [0.2, 0.25) is 0 Å². The van der Waals surface area contributed by atoms with Gasteiger partial charge >= 0.3 is 5.97 Å². The Labute approximate surface area is 121 Å². The molecule has 0 aliphatic carbocycles. The highest BCUT2D eigenvalue weighted by Crippen LogP contribution is 2.31. The zero-order valence-electron chi connectivity index (χ0n) is 11.3. The summed E-state index contributed by atoms with van der Waals surface area (Å²) in [4.78, 5) is 18.7. The van der Waals surface area contributed by atoms with E-state index in [0.717, 1.165) is 6.26 Å². The lowest BCUT2D eigenvalue weighted by Crippen LogP contribution is -2.11. The molecule has 0 bridgehead atoms. The van der Waals surface area contributed by atoms with Crippen molar-refractivity contribution in [2.24, 2.45) is 0 Å². The van der Waals surface area contributed by atoms with Gasteiger partial charge in [0, 0.05) is 23.6 Å². The molecule has 0 amide bonds. The number of aromatic carboxylic acids is 1. The van der Waals surface area contributed by atoms with E-state index in [1.807, 2.05) is 0 Å². The summed E-state index contributed by atoms with van der Waals surface area (Å²) in [5, 5.41) is 8.73. The van der Waals surface area contributed by atoms with Crippen molar-refractivity contribution in [2.75, 3.05) is 13.4 Å². The fourth-order valence-electron chi connectivity index (χ4n) is 1.77. The van der Waals surface area contributed by atoms with Gasteiger partial charge in [0.05, 0.1) is 7.11 Å². The predicted molar refractivity (Wildman–Crippen MR) is 74.1 cm³/mol. The highest BCUT2D eigenvalue weighted by molar-refractivity contribution is 7.90. The number of hydrogen-bond donors (Lipinski definition) is 1. The topological polar surface area (TPSA) is 106 Å². The van der Waals surface area contributed by atoms with E-state index in [0.29, 0.717) is 11.3 Å². The van der Waals surface area contributed by atoms with Crippen molar-refractivity contribution >= 4 is 15.8 Å². The van der Waals surface area contributed by atoms with Crippen LogP contribution in [0.1, 0.15) is 10.5 Å². The second kappa shape index (κ2) is 5.49. The number of para-hydroxylation sites is 1. The van der Waals surface area contributed by atoms with Gasteiger partial charge in [-0.1, -0.05) is 18.2 Å². The minimum Gasteiger partial charge on any atom is -0.496 e. The maximum Gasteiger partial charge on any atom is 0.355 e. The van der Waals surface area contributed by atoms with Crippen molar-refractivity contribution < 1.29 is 23.1 Å². The molecular formula is C13H12N2O5S. The SMILES string of the molecule is COc1ccccc1-c1cnc(S(C)(=O)=O)nc1C(=O)O. The zero-order valence-corrected chi connectivity index (χ0v) is 12.1. The van der Waals surface area contributed by atoms with Crippen LogP contribution in [0.5, 0.6) is 5.75 Å². The normalized spacial score (nSPS) is 11.1. The van der Waals surface area contributed by atoms with Gasteiger partial charge in [0.2, 0.25) is 15.0 Å². The van der Waals surface area contributed by atoms with Crippen molar-refractivity contribution in [1.82, 2.24) is 9.97 Å². The van der Waals surface area contributed by atoms with Gasteiger partial charge in [0.15, 0.2) is 5.69 Å². The number of carboxylic acid groups (broad SMARTS) is 1. The average molecular weight is 308 g/mol. The van der Waals surface area contributed by atoms with E-state index < -0.39 is 26.7 Å². The van der Waals surface area contributed by atoms with E-state index in [4.69, 9.17) is 4.74 Å². The van der Waals surface area contributed by atoms with Crippen LogP contribution in [0.3, 0.4) is 0 Å². The van der Waals surface area contributed by atoms with Crippen molar-refractivity contribution in [3.63, 3.8) is 0 Å². The van der Waals surface area contributed by atoms with Gasteiger partial charge < -0.3 is 9.84 Å². The van der Waals surface area contributed by atoms with Crippen molar-refractivity contribution in [3.8, 4) is 16.9 Å². The molecule has 0 atom stereocenters. The van der Waals surface area contributed by atoms with E-state index in [1.54, 1.807) is 24.3 Å². The minimum atomic E-state index is -3.69. The molecule has 1 heterocycles. The molecular weight excluding hydrogens is 296 g/mol. The van der Waals surface area contributed by atoms with Gasteiger partial charge in [0.25, 0.3) is 0 Å². The molecule has 0 aliphatic rings. The lowest BCUT2D eigenvalue weighted by Gasteiger charge is -2.10. The first-order valence-electron chi connectivity index (χ1n) is 5.78. The van der Waals surface area contributed by atoms with Gasteiger partial charge in [-0.2, -0.15) is 0 Å². The zero-order chi connectivity index (χ0) is 15.6. The molecule has 2 rings (SSSR count). The Morgan fingerprint density at radius 3 is 2.48 bits per heavy atom. The quantitative estimate of drug-likeness (QED) is 0.847. The van der Waals surface area contributed by atoms with Gasteiger partial charge in [-0.05, 0) is 6.07 Å². The summed E-state index contributed by atoms with van der Waals surface area (Å²) >= 11 is 0. The molecule has 1 aromatic carbocycles. The van der Waals surface area contributed by atoms with Gasteiger partial charge in [-0.3, -0.25) is 0 Å². The van der Waals surface area contributed by atoms with Crippen LogP contribution >= 0.6 is 0 Å². The number of hydrogen-bond acceptors (Lipinski definition) is 6. The van der Waals surface area contributed by atoms with Crippen LogP contribution in [0.15, 0.2) is 35.6 Å². The molecule has 8 heteroatoms. The van der Waals surface area contributed by atoms with E-state index in [2.05, 4.69) is 9.97 Å². The molecule has 0 fully saturated rings. The Kier molecular flexibility index (Phi) is 3.90. The molecule has 0 saturated carbocycles. The van der Waals surface area contributed by atoms with E-state index in [1.165, 1.54) is 13.3 Å². The molecule has 110 valence electrons. The third-order valence-electron chi connectivity index (χ3n) is 2.70. The molecule has 0 spiro atoms. The van der Waals surface area contributed by atoms with Crippen LogP contribution in [-0.2, 0) is 9.84 Å². The van der Waals surface area contributed by atoms with Gasteiger partial charge in [-0.15, -0.1) is 0 Å². The van der Waals surface area contributed by atoms with Crippen molar-refractivity contribution in [1.29, 1.82) is 0 Å². The number of nitrogens with zero attached hydrogens (tertiary/aromatic N) is 2. The molecule has 7 nitrogen and oxygen atoms in total. The summed E-state index contributed by atoms with van der Waals surface area (Å²) < 4.78 is 28.0. The number of benzene rings is 1. The van der Waals surface area contributed by atoms with Crippen LogP contribution in [0, 0.1) is 0 Å². The number of ether oxygens (including phenoxy) is 1. The van der Waals surface area contributed by atoms with Crippen LogP contribution in [0.25, 0.3) is 11.1 Å². The van der Waals surface area contributed by atoms with Crippen molar-refractivity contribution in [3.05, 3.63) is 36.2 Å². The predicted octanol–water partition coefficient (Wildman–Crippen LogP) is 1.25. The molecule has 1 N–H and O–H groups in total. The third kappa shape index (κ3) is 3.00. The summed E-state index contributed by atoms with van der Waals surface area (Å²) in [6, 6.07) is 6.73. The van der Waals surface area contributed by atoms with Crippen LogP contribution in [0.4, 0.5) is 0 Å². The Morgan fingerprint density at radius 2 is 1.90 bits per heavy atom. The second-order valence-electron chi connectivity index (χ2n) is 4.19. The Balaban J connectivity index is 2.73. The van der Waals surface area contributed by atoms with E-state index in [-0.39, 0.29) is 5.56 Å². The number of methoxy groups -OCH3 is 1. The van der Waals surface area contributed by atoms with Gasteiger partial charge in [0.1, 0.15) is 5.75 Å². The monoisotopic (exact) mass is 308 g/mol. The minimum absolute atomic E-state index is 0.187. The van der Waals surface area contributed by atoms with Crippen LogP contribution < -0.4 is 4.74 Å². The highest BCUT2D eigenvalue weighted by Gasteiger charge is 2.21. The summed E-state index contributed by atoms with van der Waals surface area (Å²) in [6.07, 6.45) is 2.08. The largest absolute Gasteiger partial charge is 0.496 e. The summed E-state index contributed by atoms with van der Waals surface area (Å²) in [7, 11) is -2.24. The number of sulfone groups is 1. The Morgan fingerprint density at radius 1 is 1.24 bits per heavy atom. The first-order valence-corrected chi connectivity index (χ1v) is 7.67. The Hall–Kier alpha value is -2.48. The smallest absolute Gasteiger partial charge is 0.355 e. The number of aromatic nitrogens is 2. The lowest BCUT2D eigenvalue weighted by atomic mass is 10.0. The van der Waals surface area contributed by atoms with E-state index in [9.17, 15) is 18.3 Å². The molecule has 1 aromatic heterocycles. The maximum absolute atomic E-state index is 11.4.